The van der Waals surface area contributed by atoms with Crippen molar-refractivity contribution in [1.29, 1.82) is 0 Å². The Balaban J connectivity index is 1.54. The normalized spacial score (nSPS) is 15.6. The monoisotopic (exact) mass is 489 g/mol. The summed E-state index contributed by atoms with van der Waals surface area (Å²) in [5, 5.41) is 6.65. The summed E-state index contributed by atoms with van der Waals surface area (Å²) in [5.74, 6) is -1.17. The zero-order chi connectivity index (χ0) is 25.7. The van der Waals surface area contributed by atoms with Crippen LogP contribution in [-0.2, 0) is 0 Å². The summed E-state index contributed by atoms with van der Waals surface area (Å²) in [7, 11) is 5.44. The van der Waals surface area contributed by atoms with Gasteiger partial charge >= 0.3 is 0 Å². The van der Waals surface area contributed by atoms with Gasteiger partial charge in [-0.1, -0.05) is 24.3 Å². The number of imide groups is 2. The van der Waals surface area contributed by atoms with Crippen LogP contribution < -0.4 is 0 Å². The first kappa shape index (κ1) is 21.9. The van der Waals surface area contributed by atoms with Crippen molar-refractivity contribution in [3.63, 3.8) is 0 Å². The summed E-state index contributed by atoms with van der Waals surface area (Å²) in [6, 6.07) is 14.9. The number of hydrogen-bond donors (Lipinski definition) is 0. The quantitative estimate of drug-likeness (QED) is 0.211. The van der Waals surface area contributed by atoms with Crippen LogP contribution >= 0.6 is 0 Å². The highest BCUT2D eigenvalue weighted by atomic mass is 16.2. The molecule has 0 fully saturated rings. The van der Waals surface area contributed by atoms with Crippen LogP contribution in [0.15, 0.2) is 48.5 Å². The van der Waals surface area contributed by atoms with E-state index in [0.717, 1.165) is 43.8 Å². The number of carbonyl (C=O) groups is 4. The third-order valence-electron chi connectivity index (χ3n) is 7.91. The molecule has 5 aromatic carbocycles. The lowest BCUT2D eigenvalue weighted by Crippen LogP contribution is -2.41. The molecule has 182 valence electrons. The van der Waals surface area contributed by atoms with Gasteiger partial charge in [0.1, 0.15) is 0 Å². The Kier molecular flexibility index (Phi) is 4.34. The van der Waals surface area contributed by atoms with Crippen LogP contribution in [-0.4, -0.2) is 72.6 Å². The number of nitrogens with zero attached hydrogens (tertiary/aromatic N) is 3. The number of amides is 4. The van der Waals surface area contributed by atoms with Gasteiger partial charge in [0.25, 0.3) is 23.6 Å². The first-order valence-electron chi connectivity index (χ1n) is 12.3. The molecule has 2 heterocycles. The predicted molar refractivity (Wildman–Crippen MR) is 143 cm³/mol. The molecule has 7 nitrogen and oxygen atoms in total. The standard InChI is InChI=1S/C30H23N3O4/c1-31(2)13-4-14-33-29(36)21-11-7-17-15-5-9-19-25-20(28(35)32(3)27(19)34)10-6-16(23(15)25)18-8-12-22(30(33)37)26(21)24(17)18/h5-12H,4,13-14H2,1-3H3. The molecule has 4 amide bonds. The average molecular weight is 490 g/mol. The van der Waals surface area contributed by atoms with E-state index in [1.54, 1.807) is 12.1 Å². The lowest BCUT2D eigenvalue weighted by molar-refractivity contribution is 0.0601. The topological polar surface area (TPSA) is 78.0 Å². The van der Waals surface area contributed by atoms with Crippen molar-refractivity contribution in [2.24, 2.45) is 0 Å². The fraction of sp³-hybridized carbons (Fsp3) is 0.200. The Morgan fingerprint density at radius 3 is 1.32 bits per heavy atom. The summed E-state index contributed by atoms with van der Waals surface area (Å²) >= 11 is 0. The Morgan fingerprint density at radius 2 is 0.946 bits per heavy atom. The van der Waals surface area contributed by atoms with Crippen molar-refractivity contribution in [2.45, 2.75) is 6.42 Å². The summed E-state index contributed by atoms with van der Waals surface area (Å²) in [6.07, 6.45) is 0.700. The molecule has 0 spiro atoms. The molecule has 0 atom stereocenters. The second-order valence-corrected chi connectivity index (χ2v) is 10.2. The lowest BCUT2D eigenvalue weighted by Gasteiger charge is -2.29. The van der Waals surface area contributed by atoms with Crippen LogP contribution in [0.2, 0.25) is 0 Å². The first-order valence-corrected chi connectivity index (χ1v) is 12.3. The van der Waals surface area contributed by atoms with E-state index in [1.807, 2.05) is 55.4 Å². The van der Waals surface area contributed by atoms with Gasteiger partial charge in [-0.05, 0) is 83.6 Å². The fourth-order valence-corrected chi connectivity index (χ4v) is 6.19. The van der Waals surface area contributed by atoms with Gasteiger partial charge in [-0.25, -0.2) is 0 Å². The van der Waals surface area contributed by atoms with E-state index in [4.69, 9.17) is 0 Å². The maximum atomic E-state index is 13.5. The minimum atomic E-state index is -0.317. The third kappa shape index (κ3) is 2.69. The van der Waals surface area contributed by atoms with Gasteiger partial charge in [0, 0.05) is 46.6 Å². The highest BCUT2D eigenvalue weighted by Crippen LogP contribution is 2.46. The molecule has 2 aliphatic rings. The fourth-order valence-electron chi connectivity index (χ4n) is 6.19. The summed E-state index contributed by atoms with van der Waals surface area (Å²) in [5.41, 5.74) is 2.07. The predicted octanol–water partition coefficient (Wildman–Crippen LogP) is 4.51. The van der Waals surface area contributed by atoms with Gasteiger partial charge in [-0.3, -0.25) is 29.0 Å². The second kappa shape index (κ2) is 7.33. The van der Waals surface area contributed by atoms with Gasteiger partial charge in [0.15, 0.2) is 0 Å². The summed E-state index contributed by atoms with van der Waals surface area (Å²) in [6.45, 7) is 1.15. The molecule has 7 rings (SSSR count). The van der Waals surface area contributed by atoms with Crippen LogP contribution in [0.4, 0.5) is 0 Å². The van der Waals surface area contributed by atoms with Gasteiger partial charge in [-0.15, -0.1) is 0 Å². The van der Waals surface area contributed by atoms with E-state index >= 15 is 0 Å². The van der Waals surface area contributed by atoms with Crippen LogP contribution in [0.1, 0.15) is 47.9 Å². The van der Waals surface area contributed by atoms with E-state index in [9.17, 15) is 19.2 Å². The number of rotatable bonds is 4. The van der Waals surface area contributed by atoms with Crippen molar-refractivity contribution in [3.05, 3.63) is 70.8 Å². The number of fused-ring (bicyclic) bond motifs is 2. The summed E-state index contributed by atoms with van der Waals surface area (Å²) in [4.78, 5) is 57.5. The molecule has 7 heteroatoms. The molecule has 0 aromatic heterocycles. The van der Waals surface area contributed by atoms with Crippen LogP contribution in [0.3, 0.4) is 0 Å². The van der Waals surface area contributed by atoms with Crippen molar-refractivity contribution < 1.29 is 19.2 Å². The molecule has 5 aromatic rings. The maximum absolute atomic E-state index is 13.5. The molecular formula is C30H23N3O4. The molecule has 0 saturated carbocycles. The van der Waals surface area contributed by atoms with E-state index in [0.29, 0.717) is 46.0 Å². The van der Waals surface area contributed by atoms with Gasteiger partial charge in [0.2, 0.25) is 0 Å². The van der Waals surface area contributed by atoms with Crippen molar-refractivity contribution in [2.75, 3.05) is 34.2 Å². The number of hydrogen-bond acceptors (Lipinski definition) is 5. The molecule has 0 N–H and O–H groups in total. The molecule has 0 unspecified atom stereocenters. The van der Waals surface area contributed by atoms with Crippen molar-refractivity contribution in [1.82, 2.24) is 14.7 Å². The minimum absolute atomic E-state index is 0.268. The average Bonchev–Trinajstić information content (AvgIpc) is 2.89. The largest absolute Gasteiger partial charge is 0.309 e. The Hall–Kier alpha value is -4.36. The van der Waals surface area contributed by atoms with Gasteiger partial charge in [-0.2, -0.15) is 0 Å². The van der Waals surface area contributed by atoms with E-state index in [-0.39, 0.29) is 23.6 Å². The maximum Gasteiger partial charge on any atom is 0.261 e. The lowest BCUT2D eigenvalue weighted by atomic mass is 9.82. The van der Waals surface area contributed by atoms with E-state index < -0.39 is 0 Å². The molecule has 0 saturated heterocycles. The SMILES string of the molecule is CN(C)CCCN1C(=O)c2ccc3c4ccc5c6c(ccc(c7ccc(c2c37)C1=O)c64)C(=O)N(C)C5=O. The molecule has 0 bridgehead atoms. The van der Waals surface area contributed by atoms with Crippen LogP contribution in [0.5, 0.6) is 0 Å². The zero-order valence-electron chi connectivity index (χ0n) is 20.7. The van der Waals surface area contributed by atoms with Crippen LogP contribution in [0.25, 0.3) is 43.1 Å². The summed E-state index contributed by atoms with van der Waals surface area (Å²) < 4.78 is 0. The Labute approximate surface area is 212 Å². The highest BCUT2D eigenvalue weighted by molar-refractivity contribution is 6.41. The minimum Gasteiger partial charge on any atom is -0.309 e. The molecule has 0 radical (unpaired) electrons. The van der Waals surface area contributed by atoms with Gasteiger partial charge < -0.3 is 4.90 Å². The Bertz CT molecular complexity index is 1770. The molecule has 0 aliphatic carbocycles. The highest BCUT2D eigenvalue weighted by Gasteiger charge is 2.35. The van der Waals surface area contributed by atoms with Crippen molar-refractivity contribution in [3.8, 4) is 0 Å². The third-order valence-corrected chi connectivity index (χ3v) is 7.91. The van der Waals surface area contributed by atoms with Gasteiger partial charge in [0.05, 0.1) is 0 Å². The molecule has 2 aliphatic heterocycles. The second-order valence-electron chi connectivity index (χ2n) is 10.2. The number of carbonyl (C=O) groups excluding carboxylic acids is 4. The first-order chi connectivity index (χ1) is 17.8. The number of benzene rings is 5. The molecule has 37 heavy (non-hydrogen) atoms. The van der Waals surface area contributed by atoms with Crippen molar-refractivity contribution >= 4 is 66.7 Å². The smallest absolute Gasteiger partial charge is 0.261 e. The van der Waals surface area contributed by atoms with E-state index in [1.165, 1.54) is 11.9 Å². The zero-order valence-corrected chi connectivity index (χ0v) is 20.7. The van der Waals surface area contributed by atoms with E-state index in [2.05, 4.69) is 0 Å². The molecular weight excluding hydrogens is 466 g/mol. The van der Waals surface area contributed by atoms with Crippen LogP contribution in [0, 0.1) is 0 Å². The Morgan fingerprint density at radius 1 is 0.568 bits per heavy atom.